The predicted molar refractivity (Wildman–Crippen MR) is 84.0 cm³/mol. The summed E-state index contributed by atoms with van der Waals surface area (Å²) in [6.45, 7) is 1.74. The number of pyridine rings is 1. The van der Waals surface area contributed by atoms with Crippen LogP contribution in [0.2, 0.25) is 5.02 Å². The van der Waals surface area contributed by atoms with Crippen molar-refractivity contribution in [1.29, 1.82) is 0 Å². The van der Waals surface area contributed by atoms with Crippen molar-refractivity contribution in [3.05, 3.63) is 53.3 Å². The normalized spacial score (nSPS) is 12.9. The van der Waals surface area contributed by atoms with Gasteiger partial charge in [0.25, 0.3) is 0 Å². The number of nitrogens with one attached hydrogen (secondary N) is 2. The summed E-state index contributed by atoms with van der Waals surface area (Å²) in [6.07, 6.45) is 2.84. The molecule has 0 fully saturated rings. The highest BCUT2D eigenvalue weighted by Gasteiger charge is 2.22. The quantitative estimate of drug-likeness (QED) is 0.886. The molecule has 0 amide bonds. The zero-order valence-corrected chi connectivity index (χ0v) is 13.2. The molecule has 0 aliphatic heterocycles. The van der Waals surface area contributed by atoms with Crippen LogP contribution in [0.3, 0.4) is 0 Å². The van der Waals surface area contributed by atoms with E-state index in [1.807, 2.05) is 6.07 Å². The van der Waals surface area contributed by atoms with Crippen LogP contribution in [0, 0.1) is 0 Å². The third-order valence-corrected chi connectivity index (χ3v) is 4.96. The van der Waals surface area contributed by atoms with Crippen molar-refractivity contribution >= 4 is 27.3 Å². The summed E-state index contributed by atoms with van der Waals surface area (Å²) in [5, 5.41) is 3.36. The van der Waals surface area contributed by atoms with Crippen molar-refractivity contribution in [2.45, 2.75) is 17.9 Å². The summed E-state index contributed by atoms with van der Waals surface area (Å²) in [5.41, 5.74) is 1.21. The van der Waals surface area contributed by atoms with Crippen LogP contribution in [0.1, 0.15) is 18.5 Å². The number of anilines is 1. The van der Waals surface area contributed by atoms with Gasteiger partial charge in [-0.25, -0.2) is 13.1 Å². The molecule has 2 N–H and O–H groups in total. The predicted octanol–water partition coefficient (Wildman–Crippen LogP) is 2.82. The van der Waals surface area contributed by atoms with E-state index >= 15 is 0 Å². The lowest BCUT2D eigenvalue weighted by Gasteiger charge is -2.17. The molecule has 7 heteroatoms. The smallest absolute Gasteiger partial charge is 0.244 e. The molecule has 0 bridgehead atoms. The van der Waals surface area contributed by atoms with Gasteiger partial charge in [0.15, 0.2) is 0 Å². The molecule has 2 rings (SSSR count). The van der Waals surface area contributed by atoms with Gasteiger partial charge in [-0.1, -0.05) is 29.8 Å². The summed E-state index contributed by atoms with van der Waals surface area (Å²) in [5.74, 6) is 0. The van der Waals surface area contributed by atoms with Crippen molar-refractivity contribution in [1.82, 2.24) is 9.71 Å². The van der Waals surface area contributed by atoms with Crippen molar-refractivity contribution in [3.63, 3.8) is 0 Å². The van der Waals surface area contributed by atoms with E-state index < -0.39 is 16.1 Å². The Morgan fingerprint density at radius 3 is 2.62 bits per heavy atom. The van der Waals surface area contributed by atoms with E-state index in [2.05, 4.69) is 15.0 Å². The molecule has 2 aromatic rings. The fourth-order valence-corrected chi connectivity index (χ4v) is 3.66. The number of hydrogen-bond acceptors (Lipinski definition) is 4. The number of rotatable bonds is 5. The average molecular weight is 326 g/mol. The molecule has 1 aromatic carbocycles. The number of nitrogens with zero attached hydrogens (tertiary/aromatic N) is 1. The van der Waals surface area contributed by atoms with E-state index in [1.54, 1.807) is 38.2 Å². The minimum atomic E-state index is -3.70. The molecule has 0 spiro atoms. The third kappa shape index (κ3) is 3.53. The zero-order valence-electron chi connectivity index (χ0n) is 11.7. The molecule has 1 heterocycles. The summed E-state index contributed by atoms with van der Waals surface area (Å²) < 4.78 is 27.6. The maximum absolute atomic E-state index is 12.5. The molecule has 0 aliphatic carbocycles. The Morgan fingerprint density at radius 2 is 1.95 bits per heavy atom. The number of halogens is 1. The zero-order chi connectivity index (χ0) is 15.5. The second-order valence-electron chi connectivity index (χ2n) is 4.49. The highest BCUT2D eigenvalue weighted by atomic mass is 35.5. The van der Waals surface area contributed by atoms with Crippen LogP contribution in [0.4, 0.5) is 5.69 Å². The van der Waals surface area contributed by atoms with Gasteiger partial charge in [-0.15, -0.1) is 0 Å². The summed E-state index contributed by atoms with van der Waals surface area (Å²) in [7, 11) is -2.04. The lowest BCUT2D eigenvalue weighted by Crippen LogP contribution is -2.27. The second-order valence-corrected chi connectivity index (χ2v) is 6.58. The maximum Gasteiger partial charge on any atom is 0.244 e. The van der Waals surface area contributed by atoms with Gasteiger partial charge in [0, 0.05) is 30.5 Å². The lowest BCUT2D eigenvalue weighted by atomic mass is 10.1. The van der Waals surface area contributed by atoms with E-state index in [0.717, 1.165) is 5.56 Å². The molecule has 112 valence electrons. The fourth-order valence-electron chi connectivity index (χ4n) is 1.99. The lowest BCUT2D eigenvalue weighted by molar-refractivity contribution is 0.567. The monoisotopic (exact) mass is 325 g/mol. The van der Waals surface area contributed by atoms with Gasteiger partial charge < -0.3 is 5.32 Å². The largest absolute Gasteiger partial charge is 0.387 e. The molecular formula is C14H16ClN3O2S. The van der Waals surface area contributed by atoms with Gasteiger partial charge in [0.1, 0.15) is 4.90 Å². The van der Waals surface area contributed by atoms with E-state index in [9.17, 15) is 8.42 Å². The molecular weight excluding hydrogens is 310 g/mol. The molecule has 0 radical (unpaired) electrons. The second kappa shape index (κ2) is 6.43. The number of hydrogen-bond donors (Lipinski definition) is 2. The minimum absolute atomic E-state index is 0.103. The Kier molecular flexibility index (Phi) is 4.82. The molecule has 21 heavy (non-hydrogen) atoms. The van der Waals surface area contributed by atoms with Crippen LogP contribution in [0.15, 0.2) is 47.6 Å². The van der Waals surface area contributed by atoms with Gasteiger partial charge in [0.05, 0.1) is 5.69 Å². The highest BCUT2D eigenvalue weighted by Crippen LogP contribution is 2.25. The maximum atomic E-state index is 12.5. The Morgan fingerprint density at radius 1 is 1.24 bits per heavy atom. The van der Waals surface area contributed by atoms with Crippen molar-refractivity contribution < 1.29 is 8.42 Å². The van der Waals surface area contributed by atoms with Gasteiger partial charge >= 0.3 is 0 Å². The molecule has 1 atom stereocenters. The average Bonchev–Trinajstić information content (AvgIpc) is 2.47. The van der Waals surface area contributed by atoms with Gasteiger partial charge in [0.2, 0.25) is 10.0 Å². The first-order valence-electron chi connectivity index (χ1n) is 6.34. The molecule has 5 nitrogen and oxygen atoms in total. The minimum Gasteiger partial charge on any atom is -0.387 e. The number of sulfonamides is 1. The van der Waals surface area contributed by atoms with Gasteiger partial charge in [-0.3, -0.25) is 4.98 Å². The van der Waals surface area contributed by atoms with Crippen molar-refractivity contribution in [3.8, 4) is 0 Å². The van der Waals surface area contributed by atoms with Crippen LogP contribution >= 0.6 is 11.6 Å². The summed E-state index contributed by atoms with van der Waals surface area (Å²) in [4.78, 5) is 3.98. The summed E-state index contributed by atoms with van der Waals surface area (Å²) in [6, 6.07) is 8.29. The molecule has 0 aliphatic rings. The third-order valence-electron chi connectivity index (χ3n) is 3.05. The summed E-state index contributed by atoms with van der Waals surface area (Å²) >= 11 is 6.09. The van der Waals surface area contributed by atoms with Crippen LogP contribution in [-0.4, -0.2) is 20.4 Å². The van der Waals surface area contributed by atoms with E-state index in [-0.39, 0.29) is 4.90 Å². The number of benzene rings is 1. The first-order chi connectivity index (χ1) is 9.95. The molecule has 0 saturated carbocycles. The van der Waals surface area contributed by atoms with Crippen LogP contribution in [-0.2, 0) is 10.0 Å². The van der Waals surface area contributed by atoms with Crippen molar-refractivity contribution in [2.75, 3.05) is 12.4 Å². The van der Waals surface area contributed by atoms with E-state index in [4.69, 9.17) is 11.6 Å². The Bertz CT molecular complexity index is 735. The highest BCUT2D eigenvalue weighted by molar-refractivity contribution is 7.89. The molecule has 0 saturated heterocycles. The van der Waals surface area contributed by atoms with Gasteiger partial charge in [-0.2, -0.15) is 0 Å². The topological polar surface area (TPSA) is 71.1 Å². The fraction of sp³-hybridized carbons (Fsp3) is 0.214. The first-order valence-corrected chi connectivity index (χ1v) is 8.20. The molecule has 1 aromatic heterocycles. The first kappa shape index (κ1) is 15.8. The number of aromatic nitrogens is 1. The standard InChI is InChI=1S/C14H16ClN3O2S/c1-10(11-5-3-4-6-12(11)15)18-21(19,20)14-9-17-8-7-13(14)16-2/h3-10,18H,1-2H3,(H,16,17). The van der Waals surface area contributed by atoms with Crippen LogP contribution < -0.4 is 10.0 Å². The van der Waals surface area contributed by atoms with E-state index in [0.29, 0.717) is 10.7 Å². The van der Waals surface area contributed by atoms with Crippen LogP contribution in [0.5, 0.6) is 0 Å². The Balaban J connectivity index is 2.32. The van der Waals surface area contributed by atoms with Crippen molar-refractivity contribution in [2.24, 2.45) is 0 Å². The Hall–Kier alpha value is -1.63. The molecule has 1 unspecified atom stereocenters. The van der Waals surface area contributed by atoms with Gasteiger partial charge in [-0.05, 0) is 24.6 Å². The van der Waals surface area contributed by atoms with Crippen LogP contribution in [0.25, 0.3) is 0 Å². The van der Waals surface area contributed by atoms with E-state index in [1.165, 1.54) is 12.4 Å². The Labute approximate surface area is 129 Å². The SMILES string of the molecule is CNc1ccncc1S(=O)(=O)NC(C)c1ccccc1Cl.